The molecule has 0 aliphatic rings. The molecule has 0 unspecified atom stereocenters. The Labute approximate surface area is 208 Å². The van der Waals surface area contributed by atoms with E-state index < -0.39 is 0 Å². The monoisotopic (exact) mass is 464 g/mol. The van der Waals surface area contributed by atoms with Gasteiger partial charge in [0.05, 0.1) is 19.8 Å². The Morgan fingerprint density at radius 2 is 1.17 bits per heavy atom. The van der Waals surface area contributed by atoms with Gasteiger partial charge in [-0.15, -0.1) is 0 Å². The van der Waals surface area contributed by atoms with Crippen molar-refractivity contribution in [1.29, 1.82) is 0 Å². The molecule has 0 fully saturated rings. The number of benzene rings is 4. The molecule has 0 saturated heterocycles. The average molecular weight is 465 g/mol. The molecule has 0 saturated carbocycles. The summed E-state index contributed by atoms with van der Waals surface area (Å²) in [4.78, 5) is 0. The summed E-state index contributed by atoms with van der Waals surface area (Å²) >= 11 is 0. The highest BCUT2D eigenvalue weighted by molar-refractivity contribution is 5.98. The first kappa shape index (κ1) is 24.5. The van der Waals surface area contributed by atoms with Crippen LogP contribution in [-0.2, 0) is 11.3 Å². The first-order chi connectivity index (χ1) is 17.3. The van der Waals surface area contributed by atoms with E-state index in [0.717, 1.165) is 40.0 Å². The van der Waals surface area contributed by atoms with Crippen LogP contribution in [0.3, 0.4) is 0 Å². The predicted molar refractivity (Wildman–Crippen MR) is 143 cm³/mol. The lowest BCUT2D eigenvalue weighted by Crippen LogP contribution is -2.03. The van der Waals surface area contributed by atoms with Gasteiger partial charge in [-0.05, 0) is 52.0 Å². The third kappa shape index (κ3) is 7.16. The van der Waals surface area contributed by atoms with Gasteiger partial charge < -0.3 is 14.6 Å². The number of rotatable bonds is 12. The Hall–Kier alpha value is -3.66. The van der Waals surface area contributed by atoms with Gasteiger partial charge in [0.2, 0.25) is 0 Å². The van der Waals surface area contributed by atoms with Crippen molar-refractivity contribution in [3.8, 4) is 5.75 Å². The maximum Gasteiger partial charge on any atom is 0.119 e. The van der Waals surface area contributed by atoms with Gasteiger partial charge >= 0.3 is 0 Å². The minimum Gasteiger partial charge on any atom is -0.494 e. The number of aliphatic hydroxyl groups is 1. The molecule has 3 heteroatoms. The molecular formula is C32H32O3. The van der Waals surface area contributed by atoms with Crippen molar-refractivity contribution < 1.29 is 14.6 Å². The normalized spacial score (nSPS) is 11.7. The topological polar surface area (TPSA) is 38.7 Å². The Kier molecular flexibility index (Phi) is 9.29. The molecule has 1 N–H and O–H groups in total. The molecule has 0 atom stereocenters. The largest absolute Gasteiger partial charge is 0.494 e. The third-order valence-electron chi connectivity index (χ3n) is 5.80. The Balaban J connectivity index is 1.44. The van der Waals surface area contributed by atoms with Crippen LogP contribution in [0.25, 0.3) is 11.1 Å². The van der Waals surface area contributed by atoms with Crippen LogP contribution in [0.15, 0.2) is 115 Å². The molecule has 4 aromatic rings. The molecule has 0 amide bonds. The van der Waals surface area contributed by atoms with Gasteiger partial charge in [0.15, 0.2) is 0 Å². The SMILES string of the molecule is OCCC(=C(c1ccccc1)c1ccc(OCCCOCc2ccccc2)cc1)c1ccccc1. The lowest BCUT2D eigenvalue weighted by atomic mass is 9.88. The lowest BCUT2D eigenvalue weighted by Gasteiger charge is -2.17. The smallest absolute Gasteiger partial charge is 0.119 e. The van der Waals surface area contributed by atoms with Gasteiger partial charge in [0, 0.05) is 13.0 Å². The number of hydrogen-bond acceptors (Lipinski definition) is 3. The number of aliphatic hydroxyl groups excluding tert-OH is 1. The molecule has 0 aliphatic heterocycles. The number of ether oxygens (including phenoxy) is 2. The maximum atomic E-state index is 9.84. The van der Waals surface area contributed by atoms with Crippen molar-refractivity contribution in [2.45, 2.75) is 19.4 Å². The third-order valence-corrected chi connectivity index (χ3v) is 5.80. The summed E-state index contributed by atoms with van der Waals surface area (Å²) < 4.78 is 11.7. The number of hydrogen-bond donors (Lipinski definition) is 1. The highest BCUT2D eigenvalue weighted by Gasteiger charge is 2.14. The average Bonchev–Trinajstić information content (AvgIpc) is 2.93. The fourth-order valence-electron chi connectivity index (χ4n) is 4.12. The molecule has 0 radical (unpaired) electrons. The highest BCUT2D eigenvalue weighted by Crippen LogP contribution is 2.34. The van der Waals surface area contributed by atoms with E-state index in [0.29, 0.717) is 26.2 Å². The summed E-state index contributed by atoms with van der Waals surface area (Å²) in [7, 11) is 0. The van der Waals surface area contributed by atoms with E-state index in [1.54, 1.807) is 0 Å². The second kappa shape index (κ2) is 13.3. The van der Waals surface area contributed by atoms with Crippen LogP contribution < -0.4 is 4.74 Å². The molecular weight excluding hydrogens is 432 g/mol. The zero-order valence-electron chi connectivity index (χ0n) is 20.0. The fraction of sp³-hybridized carbons (Fsp3) is 0.188. The van der Waals surface area contributed by atoms with E-state index in [4.69, 9.17) is 9.47 Å². The second-order valence-electron chi connectivity index (χ2n) is 8.32. The van der Waals surface area contributed by atoms with Crippen molar-refractivity contribution in [3.63, 3.8) is 0 Å². The summed E-state index contributed by atoms with van der Waals surface area (Å²) in [5.41, 5.74) is 6.79. The Morgan fingerprint density at radius 3 is 1.80 bits per heavy atom. The van der Waals surface area contributed by atoms with Crippen LogP contribution in [0.1, 0.15) is 35.1 Å². The summed E-state index contributed by atoms with van der Waals surface area (Å²) in [6, 6.07) is 39.1. The van der Waals surface area contributed by atoms with Crippen LogP contribution in [0.4, 0.5) is 0 Å². The molecule has 4 aromatic carbocycles. The van der Waals surface area contributed by atoms with Crippen LogP contribution in [0.5, 0.6) is 5.75 Å². The summed E-state index contributed by atoms with van der Waals surface area (Å²) in [6.45, 7) is 1.99. The second-order valence-corrected chi connectivity index (χ2v) is 8.32. The van der Waals surface area contributed by atoms with Crippen molar-refractivity contribution in [2.24, 2.45) is 0 Å². The summed E-state index contributed by atoms with van der Waals surface area (Å²) in [6.07, 6.45) is 1.41. The van der Waals surface area contributed by atoms with Crippen molar-refractivity contribution in [1.82, 2.24) is 0 Å². The Morgan fingerprint density at radius 1 is 0.600 bits per heavy atom. The zero-order chi connectivity index (χ0) is 24.1. The van der Waals surface area contributed by atoms with E-state index in [1.807, 2.05) is 66.7 Å². The quantitative estimate of drug-likeness (QED) is 0.181. The van der Waals surface area contributed by atoms with E-state index in [-0.39, 0.29) is 6.61 Å². The molecule has 0 aromatic heterocycles. The first-order valence-corrected chi connectivity index (χ1v) is 12.1. The minimum absolute atomic E-state index is 0.0914. The van der Waals surface area contributed by atoms with Crippen LogP contribution >= 0.6 is 0 Å². The van der Waals surface area contributed by atoms with E-state index >= 15 is 0 Å². The van der Waals surface area contributed by atoms with Gasteiger partial charge in [-0.3, -0.25) is 0 Å². The van der Waals surface area contributed by atoms with Gasteiger partial charge in [-0.2, -0.15) is 0 Å². The standard InChI is InChI=1S/C32H32O3/c33-22-21-31(27-13-6-2-7-14-27)32(28-15-8-3-9-16-28)29-17-19-30(20-18-29)35-24-10-23-34-25-26-11-4-1-5-12-26/h1-9,11-20,33H,10,21-25H2. The lowest BCUT2D eigenvalue weighted by molar-refractivity contribution is 0.107. The molecule has 35 heavy (non-hydrogen) atoms. The van der Waals surface area contributed by atoms with E-state index in [9.17, 15) is 5.11 Å². The van der Waals surface area contributed by atoms with Gasteiger partial charge in [0.1, 0.15) is 5.75 Å². The van der Waals surface area contributed by atoms with Crippen LogP contribution in [-0.4, -0.2) is 24.9 Å². The van der Waals surface area contributed by atoms with Crippen LogP contribution in [0.2, 0.25) is 0 Å². The van der Waals surface area contributed by atoms with Crippen molar-refractivity contribution in [3.05, 3.63) is 138 Å². The summed E-state index contributed by atoms with van der Waals surface area (Å²) in [5.74, 6) is 0.840. The molecule has 4 rings (SSSR count). The zero-order valence-corrected chi connectivity index (χ0v) is 20.0. The summed E-state index contributed by atoms with van der Waals surface area (Å²) in [5, 5.41) is 9.84. The molecule has 0 aliphatic carbocycles. The van der Waals surface area contributed by atoms with E-state index in [1.165, 1.54) is 5.56 Å². The molecule has 0 spiro atoms. The first-order valence-electron chi connectivity index (χ1n) is 12.1. The van der Waals surface area contributed by atoms with E-state index in [2.05, 4.69) is 48.5 Å². The van der Waals surface area contributed by atoms with Gasteiger partial charge in [-0.25, -0.2) is 0 Å². The molecule has 3 nitrogen and oxygen atoms in total. The minimum atomic E-state index is 0.0914. The fourth-order valence-corrected chi connectivity index (χ4v) is 4.12. The van der Waals surface area contributed by atoms with Crippen molar-refractivity contribution in [2.75, 3.05) is 19.8 Å². The molecule has 0 heterocycles. The van der Waals surface area contributed by atoms with Gasteiger partial charge in [-0.1, -0.05) is 103 Å². The van der Waals surface area contributed by atoms with Gasteiger partial charge in [0.25, 0.3) is 0 Å². The predicted octanol–water partition coefficient (Wildman–Crippen LogP) is 7.01. The highest BCUT2D eigenvalue weighted by atomic mass is 16.5. The Bertz CT molecular complexity index is 1170. The molecule has 0 bridgehead atoms. The van der Waals surface area contributed by atoms with Crippen LogP contribution in [0, 0.1) is 0 Å². The van der Waals surface area contributed by atoms with Crippen molar-refractivity contribution >= 4 is 11.1 Å². The maximum absolute atomic E-state index is 9.84. The molecule has 178 valence electrons.